The zero-order valence-corrected chi connectivity index (χ0v) is 23.6. The van der Waals surface area contributed by atoms with Gasteiger partial charge in [0.2, 0.25) is 0 Å². The minimum absolute atomic E-state index is 0.00116. The van der Waals surface area contributed by atoms with Gasteiger partial charge in [0.25, 0.3) is 0 Å². The summed E-state index contributed by atoms with van der Waals surface area (Å²) < 4.78 is 11.2. The first kappa shape index (κ1) is 27.1. The highest BCUT2D eigenvalue weighted by molar-refractivity contribution is 5.83. The first-order chi connectivity index (χ1) is 19.5. The molecule has 7 nitrogen and oxygen atoms in total. The molecule has 0 unspecified atom stereocenters. The molecule has 4 aliphatic carbocycles. The van der Waals surface area contributed by atoms with Crippen LogP contribution < -0.4 is 5.32 Å². The van der Waals surface area contributed by atoms with Gasteiger partial charge in [-0.2, -0.15) is 0 Å². The monoisotopic (exact) mass is 553 g/mol. The highest BCUT2D eigenvalue weighted by atomic mass is 16.6. The minimum Gasteiger partial charge on any atom is -0.480 e. The summed E-state index contributed by atoms with van der Waals surface area (Å²) in [6, 6.07) is 22.8. The molecule has 7 heteroatoms. The molecule has 41 heavy (non-hydrogen) atoms. The lowest BCUT2D eigenvalue weighted by Gasteiger charge is -2.69. The number of carboxylic acid groups (broad SMARTS) is 1. The van der Waals surface area contributed by atoms with E-state index in [1.54, 1.807) is 0 Å². The van der Waals surface area contributed by atoms with Crippen LogP contribution in [0.15, 0.2) is 72.8 Å². The molecule has 4 aliphatic rings. The number of carbonyl (C=O) groups is 3. The SMILES string of the molecule is CC(C)(C)OC(=O)C12CC(c3ccc(C[C@H](NC(=O)OCC4c5ccccc5-c5ccccc54)C(=O)O)cc3)(C1)C2. The van der Waals surface area contributed by atoms with E-state index in [-0.39, 0.29) is 35.7 Å². The normalized spacial score (nSPS) is 22.8. The van der Waals surface area contributed by atoms with E-state index in [1.807, 2.05) is 81.4 Å². The molecule has 0 spiro atoms. The fourth-order valence-corrected chi connectivity index (χ4v) is 6.91. The van der Waals surface area contributed by atoms with Crippen LogP contribution in [0.4, 0.5) is 4.79 Å². The van der Waals surface area contributed by atoms with Crippen molar-refractivity contribution in [3.63, 3.8) is 0 Å². The molecule has 1 amide bonds. The van der Waals surface area contributed by atoms with Crippen LogP contribution in [0.3, 0.4) is 0 Å². The maximum Gasteiger partial charge on any atom is 0.407 e. The van der Waals surface area contributed by atoms with Crippen molar-refractivity contribution in [2.45, 2.75) is 69.4 Å². The van der Waals surface area contributed by atoms with Crippen molar-refractivity contribution < 1.29 is 29.0 Å². The molecule has 0 heterocycles. The van der Waals surface area contributed by atoms with Crippen LogP contribution in [0.1, 0.15) is 68.2 Å². The van der Waals surface area contributed by atoms with Gasteiger partial charge in [0, 0.05) is 12.3 Å². The number of aliphatic carboxylic acids is 1. The predicted octanol–water partition coefficient (Wildman–Crippen LogP) is 5.98. The summed E-state index contributed by atoms with van der Waals surface area (Å²) in [5.41, 5.74) is 5.56. The third kappa shape index (κ3) is 4.88. The number of carboxylic acids is 1. The van der Waals surface area contributed by atoms with Crippen molar-refractivity contribution >= 4 is 18.0 Å². The molecule has 0 saturated heterocycles. The van der Waals surface area contributed by atoms with E-state index < -0.39 is 23.7 Å². The lowest BCUT2D eigenvalue weighted by molar-refractivity contribution is -0.211. The van der Waals surface area contributed by atoms with E-state index in [4.69, 9.17) is 9.47 Å². The van der Waals surface area contributed by atoms with Crippen LogP contribution in [0, 0.1) is 5.41 Å². The van der Waals surface area contributed by atoms with Crippen molar-refractivity contribution in [3.8, 4) is 11.1 Å². The zero-order valence-electron chi connectivity index (χ0n) is 23.6. The van der Waals surface area contributed by atoms with Crippen LogP contribution in [0.2, 0.25) is 0 Å². The molecule has 2 N–H and O–H groups in total. The van der Waals surface area contributed by atoms with Crippen molar-refractivity contribution in [1.82, 2.24) is 5.32 Å². The van der Waals surface area contributed by atoms with Crippen molar-refractivity contribution in [2.75, 3.05) is 6.61 Å². The number of ether oxygens (including phenoxy) is 2. The molecule has 3 aromatic rings. The topological polar surface area (TPSA) is 102 Å². The molecule has 212 valence electrons. The number of carbonyl (C=O) groups excluding carboxylic acids is 2. The molecule has 0 radical (unpaired) electrons. The largest absolute Gasteiger partial charge is 0.480 e. The van der Waals surface area contributed by atoms with Gasteiger partial charge in [0.05, 0.1) is 5.41 Å². The van der Waals surface area contributed by atoms with Gasteiger partial charge in [-0.15, -0.1) is 0 Å². The van der Waals surface area contributed by atoms with Crippen LogP contribution in [-0.4, -0.2) is 41.4 Å². The summed E-state index contributed by atoms with van der Waals surface area (Å²) in [6.45, 7) is 5.78. The van der Waals surface area contributed by atoms with Gasteiger partial charge in [-0.05, 0) is 78.8 Å². The van der Waals surface area contributed by atoms with Crippen molar-refractivity contribution in [2.24, 2.45) is 5.41 Å². The highest BCUT2D eigenvalue weighted by Crippen LogP contribution is 2.74. The summed E-state index contributed by atoms with van der Waals surface area (Å²) in [4.78, 5) is 37.3. The Hall–Kier alpha value is -4.13. The Labute approximate surface area is 239 Å². The minimum atomic E-state index is -1.12. The number of fused-ring (bicyclic) bond motifs is 3. The number of hydrogen-bond donors (Lipinski definition) is 2. The number of hydrogen-bond acceptors (Lipinski definition) is 5. The van der Waals surface area contributed by atoms with Gasteiger partial charge in [0.1, 0.15) is 18.2 Å². The summed E-state index contributed by atoms with van der Waals surface area (Å²) in [7, 11) is 0. The van der Waals surface area contributed by atoms with Crippen LogP contribution in [-0.2, 0) is 30.9 Å². The van der Waals surface area contributed by atoms with Crippen LogP contribution >= 0.6 is 0 Å². The first-order valence-electron chi connectivity index (χ1n) is 14.2. The predicted molar refractivity (Wildman–Crippen MR) is 154 cm³/mol. The Bertz CT molecular complexity index is 1450. The Morgan fingerprint density at radius 2 is 1.46 bits per heavy atom. The summed E-state index contributed by atoms with van der Waals surface area (Å²) in [5.74, 6) is -1.33. The number of benzene rings is 3. The first-order valence-corrected chi connectivity index (χ1v) is 14.2. The second kappa shape index (κ2) is 9.75. The molecule has 0 aliphatic heterocycles. The van der Waals surface area contributed by atoms with Crippen LogP contribution in [0.25, 0.3) is 11.1 Å². The number of nitrogens with one attached hydrogen (secondary N) is 1. The molecule has 3 aromatic carbocycles. The second-order valence-corrected chi connectivity index (χ2v) is 12.9. The van der Waals surface area contributed by atoms with Gasteiger partial charge in [-0.25, -0.2) is 9.59 Å². The molecule has 0 aromatic heterocycles. The van der Waals surface area contributed by atoms with E-state index >= 15 is 0 Å². The van der Waals surface area contributed by atoms with E-state index in [0.717, 1.165) is 52.6 Å². The summed E-state index contributed by atoms with van der Waals surface area (Å²) in [5, 5.41) is 12.3. The summed E-state index contributed by atoms with van der Waals surface area (Å²) in [6.07, 6.45) is 1.74. The Morgan fingerprint density at radius 3 is 2.00 bits per heavy atom. The van der Waals surface area contributed by atoms with Crippen LogP contribution in [0.5, 0.6) is 0 Å². The van der Waals surface area contributed by atoms with E-state index in [2.05, 4.69) is 17.4 Å². The average molecular weight is 554 g/mol. The third-order valence-corrected chi connectivity index (χ3v) is 8.80. The van der Waals surface area contributed by atoms with E-state index in [0.29, 0.717) is 0 Å². The number of alkyl carbamates (subject to hydrolysis) is 1. The lowest BCUT2D eigenvalue weighted by atomic mass is 9.33. The highest BCUT2D eigenvalue weighted by Gasteiger charge is 2.73. The molecule has 3 saturated carbocycles. The molecule has 2 bridgehead atoms. The maximum absolute atomic E-state index is 12.7. The Balaban J connectivity index is 1.04. The van der Waals surface area contributed by atoms with Crippen molar-refractivity contribution in [3.05, 3.63) is 95.1 Å². The molecular weight excluding hydrogens is 518 g/mol. The fourth-order valence-electron chi connectivity index (χ4n) is 6.91. The van der Waals surface area contributed by atoms with Gasteiger partial charge in [-0.3, -0.25) is 4.79 Å². The standard InChI is InChI=1S/C34H35NO6/c1-32(2,3)41-30(38)34-18-33(19-34,20-34)22-14-12-21(13-15-22)16-28(29(36)37)35-31(39)40-17-27-25-10-6-4-8-23(25)24-9-5-7-11-26(24)27/h4-15,27-28H,16-20H2,1-3H3,(H,35,39)(H,36,37)/t28-,33?,34?/m0/s1. The van der Waals surface area contributed by atoms with Crippen molar-refractivity contribution in [1.29, 1.82) is 0 Å². The maximum atomic E-state index is 12.7. The zero-order chi connectivity index (χ0) is 29.0. The molecule has 7 rings (SSSR count). The Morgan fingerprint density at radius 1 is 0.902 bits per heavy atom. The smallest absolute Gasteiger partial charge is 0.407 e. The number of rotatable bonds is 8. The van der Waals surface area contributed by atoms with Gasteiger partial charge in [0.15, 0.2) is 0 Å². The average Bonchev–Trinajstić information content (AvgIpc) is 3.19. The third-order valence-electron chi connectivity index (χ3n) is 8.80. The van der Waals surface area contributed by atoms with Gasteiger partial charge in [-0.1, -0.05) is 72.8 Å². The molecule has 1 atom stereocenters. The van der Waals surface area contributed by atoms with E-state index in [1.165, 1.54) is 0 Å². The second-order valence-electron chi connectivity index (χ2n) is 12.9. The number of amides is 1. The number of esters is 1. The molecular formula is C34H35NO6. The fraction of sp³-hybridized carbons (Fsp3) is 0.382. The van der Waals surface area contributed by atoms with Gasteiger partial charge < -0.3 is 19.9 Å². The van der Waals surface area contributed by atoms with E-state index in [9.17, 15) is 19.5 Å². The summed E-state index contributed by atoms with van der Waals surface area (Å²) >= 11 is 0. The Kier molecular flexibility index (Phi) is 6.44. The quantitative estimate of drug-likeness (QED) is 0.333. The lowest BCUT2D eigenvalue weighted by Crippen LogP contribution is -2.68. The molecule has 3 fully saturated rings. The van der Waals surface area contributed by atoms with Gasteiger partial charge >= 0.3 is 18.0 Å².